The SMILES string of the molecule is O=C(COC(=O)COc1ccc(C(=O)c2ccccc2)cc1)Nc1cccc2ccccc12. The molecule has 33 heavy (non-hydrogen) atoms. The third kappa shape index (κ3) is 5.62. The Morgan fingerprint density at radius 1 is 0.667 bits per heavy atom. The molecule has 0 fully saturated rings. The van der Waals surface area contributed by atoms with E-state index >= 15 is 0 Å². The maximum atomic E-state index is 12.4. The largest absolute Gasteiger partial charge is 0.482 e. The zero-order valence-electron chi connectivity index (χ0n) is 17.7. The molecule has 6 heteroatoms. The average molecular weight is 439 g/mol. The number of nitrogens with one attached hydrogen (secondary N) is 1. The first kappa shape index (κ1) is 21.8. The second-order valence-electron chi connectivity index (χ2n) is 7.24. The molecule has 0 saturated heterocycles. The van der Waals surface area contributed by atoms with E-state index in [2.05, 4.69) is 5.32 Å². The lowest BCUT2D eigenvalue weighted by Crippen LogP contribution is -2.23. The Labute approximate surface area is 190 Å². The second-order valence-corrected chi connectivity index (χ2v) is 7.24. The fraction of sp³-hybridized carbons (Fsp3) is 0.0741. The molecule has 0 bridgehead atoms. The van der Waals surface area contributed by atoms with E-state index in [4.69, 9.17) is 9.47 Å². The highest BCUT2D eigenvalue weighted by atomic mass is 16.6. The standard InChI is InChI=1S/C27H21NO5/c29-25(28-24-12-6-10-19-7-4-5-11-23(19)24)17-33-26(30)18-32-22-15-13-21(14-16-22)27(31)20-8-2-1-3-9-20/h1-16H,17-18H2,(H,28,29). The van der Waals surface area contributed by atoms with Crippen LogP contribution in [0.4, 0.5) is 5.69 Å². The van der Waals surface area contributed by atoms with E-state index in [0.717, 1.165) is 10.8 Å². The number of benzene rings is 4. The molecule has 0 spiro atoms. The summed E-state index contributed by atoms with van der Waals surface area (Å²) in [5.41, 5.74) is 1.76. The molecule has 1 amide bonds. The predicted molar refractivity (Wildman–Crippen MR) is 125 cm³/mol. The first-order valence-corrected chi connectivity index (χ1v) is 10.4. The van der Waals surface area contributed by atoms with Crippen molar-refractivity contribution in [2.24, 2.45) is 0 Å². The van der Waals surface area contributed by atoms with Gasteiger partial charge in [0.25, 0.3) is 5.91 Å². The molecule has 6 nitrogen and oxygen atoms in total. The molecule has 0 heterocycles. The van der Waals surface area contributed by atoms with Gasteiger partial charge in [-0.3, -0.25) is 9.59 Å². The van der Waals surface area contributed by atoms with Gasteiger partial charge in [-0.15, -0.1) is 0 Å². The maximum absolute atomic E-state index is 12.4. The number of hydrogen-bond donors (Lipinski definition) is 1. The lowest BCUT2D eigenvalue weighted by atomic mass is 10.0. The summed E-state index contributed by atoms with van der Waals surface area (Å²) in [7, 11) is 0. The number of carbonyl (C=O) groups is 3. The Balaban J connectivity index is 1.25. The topological polar surface area (TPSA) is 81.7 Å². The summed E-state index contributed by atoms with van der Waals surface area (Å²) >= 11 is 0. The molecule has 4 rings (SSSR count). The summed E-state index contributed by atoms with van der Waals surface area (Å²) in [6.45, 7) is -0.774. The number of ketones is 1. The van der Waals surface area contributed by atoms with Gasteiger partial charge in [-0.25, -0.2) is 4.79 Å². The summed E-state index contributed by atoms with van der Waals surface area (Å²) in [5, 5.41) is 4.65. The van der Waals surface area contributed by atoms with Crippen molar-refractivity contribution in [1.29, 1.82) is 0 Å². The van der Waals surface area contributed by atoms with Gasteiger partial charge in [0.2, 0.25) is 0 Å². The quantitative estimate of drug-likeness (QED) is 0.320. The van der Waals surface area contributed by atoms with Gasteiger partial charge in [0.15, 0.2) is 19.0 Å². The van der Waals surface area contributed by atoms with Crippen molar-refractivity contribution in [3.8, 4) is 5.75 Å². The molecule has 164 valence electrons. The number of hydrogen-bond acceptors (Lipinski definition) is 5. The Morgan fingerprint density at radius 3 is 2.12 bits per heavy atom. The molecule has 1 N–H and O–H groups in total. The normalized spacial score (nSPS) is 10.4. The lowest BCUT2D eigenvalue weighted by molar-refractivity contribution is -0.149. The van der Waals surface area contributed by atoms with Crippen molar-refractivity contribution >= 4 is 34.1 Å². The molecule has 4 aromatic rings. The molecule has 0 aliphatic heterocycles. The lowest BCUT2D eigenvalue weighted by Gasteiger charge is -2.10. The summed E-state index contributed by atoms with van der Waals surface area (Å²) in [4.78, 5) is 36.6. The van der Waals surface area contributed by atoms with Crippen LogP contribution >= 0.6 is 0 Å². The van der Waals surface area contributed by atoms with Gasteiger partial charge < -0.3 is 14.8 Å². The van der Waals surface area contributed by atoms with Crippen LogP contribution in [-0.2, 0) is 14.3 Å². The Morgan fingerprint density at radius 2 is 1.33 bits per heavy atom. The van der Waals surface area contributed by atoms with Crippen LogP contribution in [0.3, 0.4) is 0 Å². The fourth-order valence-corrected chi connectivity index (χ4v) is 3.31. The zero-order valence-corrected chi connectivity index (χ0v) is 17.7. The number of anilines is 1. The highest BCUT2D eigenvalue weighted by Gasteiger charge is 2.12. The molecular weight excluding hydrogens is 418 g/mol. The molecule has 0 aromatic heterocycles. The van der Waals surface area contributed by atoms with E-state index in [1.54, 1.807) is 54.6 Å². The zero-order chi connectivity index (χ0) is 23.0. The van der Waals surface area contributed by atoms with Crippen molar-refractivity contribution in [3.63, 3.8) is 0 Å². The maximum Gasteiger partial charge on any atom is 0.344 e. The molecule has 0 radical (unpaired) electrons. The van der Waals surface area contributed by atoms with E-state index in [1.807, 2.05) is 42.5 Å². The molecule has 0 atom stereocenters. The number of ether oxygens (including phenoxy) is 2. The average Bonchev–Trinajstić information content (AvgIpc) is 2.87. The first-order valence-electron chi connectivity index (χ1n) is 10.4. The predicted octanol–water partition coefficient (Wildman–Crippen LogP) is 4.63. The van der Waals surface area contributed by atoms with Gasteiger partial charge in [0, 0.05) is 22.2 Å². The first-order chi connectivity index (χ1) is 16.1. The smallest absolute Gasteiger partial charge is 0.344 e. The Bertz CT molecular complexity index is 1280. The molecule has 0 saturated carbocycles. The van der Waals surface area contributed by atoms with Crippen molar-refractivity contribution in [2.75, 3.05) is 18.5 Å². The van der Waals surface area contributed by atoms with Crippen molar-refractivity contribution < 1.29 is 23.9 Å². The summed E-state index contributed by atoms with van der Waals surface area (Å²) < 4.78 is 10.4. The summed E-state index contributed by atoms with van der Waals surface area (Å²) in [6, 6.07) is 28.7. The van der Waals surface area contributed by atoms with Gasteiger partial charge in [0.05, 0.1) is 0 Å². The molecular formula is C27H21NO5. The van der Waals surface area contributed by atoms with Gasteiger partial charge >= 0.3 is 5.97 Å². The van der Waals surface area contributed by atoms with Crippen LogP contribution in [0.2, 0.25) is 0 Å². The van der Waals surface area contributed by atoms with Crippen LogP contribution in [0.25, 0.3) is 10.8 Å². The van der Waals surface area contributed by atoms with E-state index in [9.17, 15) is 14.4 Å². The third-order valence-corrected chi connectivity index (χ3v) is 4.94. The van der Waals surface area contributed by atoms with Gasteiger partial charge in [-0.05, 0) is 35.7 Å². The Hall–Kier alpha value is -4.45. The minimum atomic E-state index is -0.674. The highest BCUT2D eigenvalue weighted by Crippen LogP contribution is 2.22. The second kappa shape index (κ2) is 10.2. The van der Waals surface area contributed by atoms with E-state index < -0.39 is 18.5 Å². The third-order valence-electron chi connectivity index (χ3n) is 4.94. The molecule has 4 aromatic carbocycles. The molecule has 0 aliphatic carbocycles. The minimum Gasteiger partial charge on any atom is -0.482 e. The van der Waals surface area contributed by atoms with Crippen molar-refractivity contribution in [3.05, 3.63) is 108 Å². The van der Waals surface area contributed by atoms with Gasteiger partial charge in [0.1, 0.15) is 5.75 Å². The van der Waals surface area contributed by atoms with Crippen molar-refractivity contribution in [1.82, 2.24) is 0 Å². The van der Waals surface area contributed by atoms with E-state index in [1.165, 1.54) is 0 Å². The molecule has 0 aliphatic rings. The minimum absolute atomic E-state index is 0.0984. The fourth-order valence-electron chi connectivity index (χ4n) is 3.31. The molecule has 0 unspecified atom stereocenters. The van der Waals surface area contributed by atoms with Gasteiger partial charge in [-0.1, -0.05) is 66.7 Å². The van der Waals surface area contributed by atoms with Crippen LogP contribution in [0, 0.1) is 0 Å². The van der Waals surface area contributed by atoms with E-state index in [0.29, 0.717) is 22.6 Å². The number of esters is 1. The Kier molecular flexibility index (Phi) is 6.75. The number of rotatable bonds is 8. The summed E-state index contributed by atoms with van der Waals surface area (Å²) in [5.74, 6) is -0.800. The van der Waals surface area contributed by atoms with Gasteiger partial charge in [-0.2, -0.15) is 0 Å². The van der Waals surface area contributed by atoms with Crippen LogP contribution in [0.5, 0.6) is 5.75 Å². The van der Waals surface area contributed by atoms with Crippen LogP contribution in [-0.4, -0.2) is 30.9 Å². The number of fused-ring (bicyclic) bond motifs is 1. The number of carbonyl (C=O) groups excluding carboxylic acids is 3. The highest BCUT2D eigenvalue weighted by molar-refractivity contribution is 6.09. The van der Waals surface area contributed by atoms with Crippen LogP contribution < -0.4 is 10.1 Å². The van der Waals surface area contributed by atoms with Crippen molar-refractivity contribution in [2.45, 2.75) is 0 Å². The van der Waals surface area contributed by atoms with Crippen LogP contribution in [0.15, 0.2) is 97.1 Å². The monoisotopic (exact) mass is 439 g/mol. The summed E-state index contributed by atoms with van der Waals surface area (Å²) in [6.07, 6.45) is 0. The van der Waals surface area contributed by atoms with E-state index in [-0.39, 0.29) is 12.4 Å². The van der Waals surface area contributed by atoms with Crippen LogP contribution in [0.1, 0.15) is 15.9 Å². The number of amides is 1.